The number of rotatable bonds is 9. The van der Waals surface area contributed by atoms with Crippen LogP contribution >= 0.6 is 0 Å². The summed E-state index contributed by atoms with van der Waals surface area (Å²) in [6.45, 7) is 0. The topological polar surface area (TPSA) is 103 Å². The van der Waals surface area contributed by atoms with Crippen molar-refractivity contribution < 1.29 is 28.2 Å². The monoisotopic (exact) mass is 491 g/mol. The summed E-state index contributed by atoms with van der Waals surface area (Å²) in [6, 6.07) is 13.1. The average molecular weight is 492 g/mol. The van der Waals surface area contributed by atoms with Crippen LogP contribution in [0.3, 0.4) is 0 Å². The number of aryl methyl sites for hydroxylation is 1. The van der Waals surface area contributed by atoms with Crippen LogP contribution in [0, 0.1) is 5.82 Å². The number of benzene rings is 2. The number of aromatic nitrogens is 2. The second-order valence-electron chi connectivity index (χ2n) is 8.03. The normalized spacial score (nSPS) is 10.8. The molecule has 36 heavy (non-hydrogen) atoms. The summed E-state index contributed by atoms with van der Waals surface area (Å²) in [5.74, 6) is -0.549. The number of hydrogen-bond acceptors (Lipinski definition) is 6. The maximum atomic E-state index is 14.0. The standard InChI is InChI=1S/C27H26FN3O5/c1-34-23-14-19(27(33)36-3)22(15-24(23)35-2)30-25(32)9-6-7-17-18-13-16(28)10-11-20(18)31-26(17)21-8-4-5-12-29-21/h4-5,8,10-15,31H,6-7,9H2,1-3H3,(H,30,32). The van der Waals surface area contributed by atoms with Gasteiger partial charge in [-0.25, -0.2) is 9.18 Å². The number of methoxy groups -OCH3 is 3. The number of fused-ring (bicyclic) bond motifs is 1. The molecule has 0 spiro atoms. The Morgan fingerprint density at radius 1 is 1.03 bits per heavy atom. The SMILES string of the molecule is COC(=O)c1cc(OC)c(OC)cc1NC(=O)CCCc1c(-c2ccccn2)[nH]c2ccc(F)cc12. The third kappa shape index (κ3) is 5.14. The minimum Gasteiger partial charge on any atom is -0.493 e. The van der Waals surface area contributed by atoms with Crippen molar-refractivity contribution in [3.05, 3.63) is 71.7 Å². The van der Waals surface area contributed by atoms with Gasteiger partial charge in [-0.05, 0) is 48.7 Å². The van der Waals surface area contributed by atoms with E-state index in [-0.39, 0.29) is 29.4 Å². The molecule has 0 aliphatic heterocycles. The maximum Gasteiger partial charge on any atom is 0.340 e. The van der Waals surface area contributed by atoms with Crippen LogP contribution < -0.4 is 14.8 Å². The molecule has 0 saturated heterocycles. The first-order chi connectivity index (χ1) is 17.4. The molecule has 2 aromatic carbocycles. The van der Waals surface area contributed by atoms with Gasteiger partial charge >= 0.3 is 5.97 Å². The van der Waals surface area contributed by atoms with Crippen LogP contribution in [0.25, 0.3) is 22.3 Å². The van der Waals surface area contributed by atoms with Gasteiger partial charge in [-0.3, -0.25) is 9.78 Å². The summed E-state index contributed by atoms with van der Waals surface area (Å²) >= 11 is 0. The van der Waals surface area contributed by atoms with Crippen molar-refractivity contribution in [3.63, 3.8) is 0 Å². The van der Waals surface area contributed by atoms with E-state index in [1.807, 2.05) is 18.2 Å². The zero-order valence-electron chi connectivity index (χ0n) is 20.2. The Hall–Kier alpha value is -4.40. The number of hydrogen-bond donors (Lipinski definition) is 2. The Labute approximate surface area is 207 Å². The molecule has 0 unspecified atom stereocenters. The Balaban J connectivity index is 1.54. The molecule has 8 nitrogen and oxygen atoms in total. The number of carbonyl (C=O) groups excluding carboxylic acids is 2. The largest absolute Gasteiger partial charge is 0.493 e. The van der Waals surface area contributed by atoms with Gasteiger partial charge in [0.15, 0.2) is 11.5 Å². The molecular formula is C27H26FN3O5. The van der Waals surface area contributed by atoms with E-state index in [4.69, 9.17) is 14.2 Å². The van der Waals surface area contributed by atoms with Crippen LogP contribution in [0.2, 0.25) is 0 Å². The molecule has 0 aliphatic carbocycles. The number of anilines is 1. The first kappa shape index (κ1) is 24.7. The third-order valence-electron chi connectivity index (χ3n) is 5.82. The first-order valence-electron chi connectivity index (χ1n) is 11.3. The lowest BCUT2D eigenvalue weighted by molar-refractivity contribution is -0.116. The molecule has 0 saturated carbocycles. The number of esters is 1. The van der Waals surface area contributed by atoms with Crippen molar-refractivity contribution in [3.8, 4) is 22.9 Å². The lowest BCUT2D eigenvalue weighted by Gasteiger charge is -2.14. The second-order valence-corrected chi connectivity index (χ2v) is 8.03. The van der Waals surface area contributed by atoms with Gasteiger partial charge in [-0.15, -0.1) is 0 Å². The quantitative estimate of drug-likeness (QED) is 0.315. The third-order valence-corrected chi connectivity index (χ3v) is 5.82. The van der Waals surface area contributed by atoms with E-state index in [1.54, 1.807) is 12.3 Å². The molecule has 2 N–H and O–H groups in total. The van der Waals surface area contributed by atoms with Crippen molar-refractivity contribution in [2.75, 3.05) is 26.6 Å². The molecule has 0 fully saturated rings. The van der Waals surface area contributed by atoms with Crippen LogP contribution in [-0.2, 0) is 16.0 Å². The van der Waals surface area contributed by atoms with Crippen LogP contribution in [-0.4, -0.2) is 43.2 Å². The summed E-state index contributed by atoms with van der Waals surface area (Å²) in [5.41, 5.74) is 3.62. The lowest BCUT2D eigenvalue weighted by Crippen LogP contribution is -2.15. The van der Waals surface area contributed by atoms with E-state index in [0.29, 0.717) is 24.3 Å². The van der Waals surface area contributed by atoms with Gasteiger partial charge in [-0.1, -0.05) is 6.07 Å². The van der Waals surface area contributed by atoms with Crippen molar-refractivity contribution in [2.24, 2.45) is 0 Å². The van der Waals surface area contributed by atoms with E-state index in [9.17, 15) is 14.0 Å². The predicted molar refractivity (Wildman–Crippen MR) is 134 cm³/mol. The first-order valence-corrected chi connectivity index (χ1v) is 11.3. The number of ether oxygens (including phenoxy) is 3. The van der Waals surface area contributed by atoms with E-state index >= 15 is 0 Å². The summed E-state index contributed by atoms with van der Waals surface area (Å²) < 4.78 is 29.4. The predicted octanol–water partition coefficient (Wildman–Crippen LogP) is 5.13. The zero-order chi connectivity index (χ0) is 25.7. The number of aromatic amines is 1. The summed E-state index contributed by atoms with van der Waals surface area (Å²) in [7, 11) is 4.17. The molecule has 0 radical (unpaired) electrons. The summed E-state index contributed by atoms with van der Waals surface area (Å²) in [5, 5.41) is 3.52. The van der Waals surface area contributed by atoms with Gasteiger partial charge in [0.1, 0.15) is 5.82 Å². The molecule has 0 atom stereocenters. The summed E-state index contributed by atoms with van der Waals surface area (Å²) in [4.78, 5) is 32.8. The van der Waals surface area contributed by atoms with Crippen LogP contribution in [0.4, 0.5) is 10.1 Å². The number of H-pyrrole nitrogens is 1. The van der Waals surface area contributed by atoms with Gasteiger partial charge in [0.25, 0.3) is 0 Å². The number of nitrogens with zero attached hydrogens (tertiary/aromatic N) is 1. The molecule has 1 amide bonds. The highest BCUT2D eigenvalue weighted by Crippen LogP contribution is 2.34. The van der Waals surface area contributed by atoms with Crippen molar-refractivity contribution in [1.82, 2.24) is 9.97 Å². The Morgan fingerprint density at radius 2 is 1.81 bits per heavy atom. The zero-order valence-corrected chi connectivity index (χ0v) is 20.2. The van der Waals surface area contributed by atoms with Gasteiger partial charge < -0.3 is 24.5 Å². The highest BCUT2D eigenvalue weighted by Gasteiger charge is 2.20. The van der Waals surface area contributed by atoms with Crippen LogP contribution in [0.5, 0.6) is 11.5 Å². The molecule has 2 heterocycles. The van der Waals surface area contributed by atoms with Crippen molar-refractivity contribution in [1.29, 1.82) is 0 Å². The van der Waals surface area contributed by atoms with Crippen LogP contribution in [0.15, 0.2) is 54.7 Å². The molecule has 4 rings (SSSR count). The smallest absolute Gasteiger partial charge is 0.340 e. The fourth-order valence-electron chi connectivity index (χ4n) is 4.11. The average Bonchev–Trinajstić information content (AvgIpc) is 3.26. The fraction of sp³-hybridized carbons (Fsp3) is 0.222. The number of nitrogens with one attached hydrogen (secondary N) is 2. The maximum absolute atomic E-state index is 14.0. The lowest BCUT2D eigenvalue weighted by atomic mass is 10.0. The van der Waals surface area contributed by atoms with E-state index < -0.39 is 5.97 Å². The number of pyridine rings is 1. The molecule has 9 heteroatoms. The molecule has 186 valence electrons. The van der Waals surface area contributed by atoms with Crippen molar-refractivity contribution >= 4 is 28.5 Å². The summed E-state index contributed by atoms with van der Waals surface area (Å²) in [6.07, 6.45) is 2.85. The fourth-order valence-corrected chi connectivity index (χ4v) is 4.11. The number of amides is 1. The van der Waals surface area contributed by atoms with E-state index in [1.165, 1.54) is 45.6 Å². The van der Waals surface area contributed by atoms with E-state index in [0.717, 1.165) is 27.9 Å². The van der Waals surface area contributed by atoms with E-state index in [2.05, 4.69) is 15.3 Å². The second kappa shape index (κ2) is 10.9. The number of carbonyl (C=O) groups is 2. The Kier molecular flexibility index (Phi) is 7.48. The van der Waals surface area contributed by atoms with Gasteiger partial charge in [0.2, 0.25) is 5.91 Å². The van der Waals surface area contributed by atoms with Gasteiger partial charge in [-0.2, -0.15) is 0 Å². The van der Waals surface area contributed by atoms with Gasteiger partial charge in [0.05, 0.1) is 44.0 Å². The highest BCUT2D eigenvalue weighted by atomic mass is 19.1. The number of halogens is 1. The molecule has 0 aliphatic rings. The minimum absolute atomic E-state index is 0.146. The molecule has 4 aromatic rings. The Morgan fingerprint density at radius 3 is 2.50 bits per heavy atom. The Bertz CT molecular complexity index is 1400. The van der Waals surface area contributed by atoms with Crippen LogP contribution in [0.1, 0.15) is 28.8 Å². The highest BCUT2D eigenvalue weighted by molar-refractivity contribution is 6.02. The molecular weight excluding hydrogens is 465 g/mol. The van der Waals surface area contributed by atoms with Gasteiger partial charge in [0, 0.05) is 35.7 Å². The minimum atomic E-state index is -0.618. The molecule has 2 aromatic heterocycles. The van der Waals surface area contributed by atoms with Crippen molar-refractivity contribution in [2.45, 2.75) is 19.3 Å². The molecule has 0 bridgehead atoms.